The van der Waals surface area contributed by atoms with Crippen molar-refractivity contribution in [1.29, 1.82) is 0 Å². The molecule has 0 spiro atoms. The van der Waals surface area contributed by atoms with E-state index in [1.807, 2.05) is 0 Å². The average Bonchev–Trinajstić information content (AvgIpc) is 2.52. The molecule has 0 aliphatic rings. The Labute approximate surface area is 79.3 Å². The number of nitrogens with zero attached hydrogens (tertiary/aromatic N) is 2. The standard InChI is InChI=1S/C5H8N4O4S/c6-8-14(12,13)4-1-7-9(2-4)3-5(10)11/h1-2,8H,3,6H2,(H,10,11). The van der Waals surface area contributed by atoms with Crippen LogP contribution in [0, 0.1) is 0 Å². The molecule has 1 aromatic rings. The molecule has 1 heterocycles. The summed E-state index contributed by atoms with van der Waals surface area (Å²) in [6.07, 6.45) is 2.08. The van der Waals surface area contributed by atoms with Gasteiger partial charge in [0.2, 0.25) is 0 Å². The highest BCUT2D eigenvalue weighted by Gasteiger charge is 2.14. The van der Waals surface area contributed by atoms with E-state index in [1.54, 1.807) is 4.83 Å². The summed E-state index contributed by atoms with van der Waals surface area (Å²) in [6.45, 7) is -0.403. The van der Waals surface area contributed by atoms with Crippen molar-refractivity contribution >= 4 is 16.0 Å². The van der Waals surface area contributed by atoms with Crippen molar-refractivity contribution in [3.8, 4) is 0 Å². The molecule has 4 N–H and O–H groups in total. The van der Waals surface area contributed by atoms with Crippen LogP contribution in [-0.2, 0) is 21.4 Å². The van der Waals surface area contributed by atoms with Gasteiger partial charge in [0.25, 0.3) is 10.0 Å². The number of sulfonamides is 1. The van der Waals surface area contributed by atoms with Crippen molar-refractivity contribution in [3.63, 3.8) is 0 Å². The van der Waals surface area contributed by atoms with Crippen molar-refractivity contribution in [2.45, 2.75) is 11.4 Å². The molecule has 1 rings (SSSR count). The minimum Gasteiger partial charge on any atom is -0.480 e. The number of hydrazine groups is 1. The summed E-state index contributed by atoms with van der Waals surface area (Å²) in [5, 5.41) is 11.9. The van der Waals surface area contributed by atoms with Gasteiger partial charge in [-0.3, -0.25) is 15.3 Å². The molecule has 78 valence electrons. The number of aromatic nitrogens is 2. The van der Waals surface area contributed by atoms with Crippen molar-refractivity contribution in [2.75, 3.05) is 0 Å². The molecule has 0 aliphatic heterocycles. The van der Waals surface area contributed by atoms with Gasteiger partial charge in [-0.2, -0.15) is 5.10 Å². The topological polar surface area (TPSA) is 127 Å². The lowest BCUT2D eigenvalue weighted by Gasteiger charge is -1.96. The summed E-state index contributed by atoms with van der Waals surface area (Å²) in [5.74, 6) is 3.64. The molecule has 14 heavy (non-hydrogen) atoms. The van der Waals surface area contributed by atoms with Crippen LogP contribution in [0.4, 0.5) is 0 Å². The van der Waals surface area contributed by atoms with Gasteiger partial charge in [-0.15, -0.1) is 4.83 Å². The predicted octanol–water partition coefficient (Wildman–Crippen LogP) is -1.88. The van der Waals surface area contributed by atoms with Crippen LogP contribution < -0.4 is 10.7 Å². The summed E-state index contributed by atoms with van der Waals surface area (Å²) in [4.78, 5) is 11.7. The first-order chi connectivity index (χ1) is 6.45. The summed E-state index contributed by atoms with van der Waals surface area (Å²) in [7, 11) is -3.76. The third kappa shape index (κ3) is 2.28. The van der Waals surface area contributed by atoms with E-state index in [2.05, 4.69) is 5.10 Å². The molecule has 0 bridgehead atoms. The fourth-order valence-corrected chi connectivity index (χ4v) is 1.36. The number of carboxylic acids is 1. The molecule has 1 aromatic heterocycles. The van der Waals surface area contributed by atoms with Crippen LogP contribution in [0.3, 0.4) is 0 Å². The first-order valence-corrected chi connectivity index (χ1v) is 4.90. The molecule has 0 fully saturated rings. The lowest BCUT2D eigenvalue weighted by Crippen LogP contribution is -2.29. The zero-order chi connectivity index (χ0) is 10.8. The smallest absolute Gasteiger partial charge is 0.325 e. The first kappa shape index (κ1) is 10.6. The molecule has 0 saturated heterocycles. The molecule has 8 nitrogen and oxygen atoms in total. The summed E-state index contributed by atoms with van der Waals surface area (Å²) < 4.78 is 23.1. The highest BCUT2D eigenvalue weighted by molar-refractivity contribution is 7.89. The van der Waals surface area contributed by atoms with Crippen molar-refractivity contribution in [2.24, 2.45) is 5.84 Å². The Morgan fingerprint density at radius 1 is 1.71 bits per heavy atom. The maximum Gasteiger partial charge on any atom is 0.325 e. The zero-order valence-corrected chi connectivity index (χ0v) is 7.73. The fourth-order valence-electron chi connectivity index (χ4n) is 0.776. The van der Waals surface area contributed by atoms with Crippen LogP contribution in [0.5, 0.6) is 0 Å². The van der Waals surface area contributed by atoms with E-state index in [0.29, 0.717) is 0 Å². The Kier molecular flexibility index (Phi) is 2.84. The zero-order valence-electron chi connectivity index (χ0n) is 6.91. The van der Waals surface area contributed by atoms with Gasteiger partial charge in [0.15, 0.2) is 0 Å². The fraction of sp³-hybridized carbons (Fsp3) is 0.200. The first-order valence-electron chi connectivity index (χ1n) is 3.42. The Bertz CT molecular complexity index is 436. The van der Waals surface area contributed by atoms with Crippen molar-refractivity contribution < 1.29 is 18.3 Å². The Morgan fingerprint density at radius 2 is 2.36 bits per heavy atom. The van der Waals surface area contributed by atoms with Gasteiger partial charge in [0.05, 0.1) is 6.20 Å². The number of rotatable bonds is 4. The van der Waals surface area contributed by atoms with Gasteiger partial charge >= 0.3 is 5.97 Å². The van der Waals surface area contributed by atoms with E-state index >= 15 is 0 Å². The summed E-state index contributed by atoms with van der Waals surface area (Å²) >= 11 is 0. The van der Waals surface area contributed by atoms with E-state index in [4.69, 9.17) is 10.9 Å². The van der Waals surface area contributed by atoms with Crippen LogP contribution in [0.25, 0.3) is 0 Å². The minimum absolute atomic E-state index is 0.179. The third-order valence-electron chi connectivity index (χ3n) is 1.37. The normalized spacial score (nSPS) is 11.5. The highest BCUT2D eigenvalue weighted by atomic mass is 32.2. The Hall–Kier alpha value is -1.45. The number of hydrogen-bond acceptors (Lipinski definition) is 5. The van der Waals surface area contributed by atoms with Crippen molar-refractivity contribution in [3.05, 3.63) is 12.4 Å². The minimum atomic E-state index is -3.76. The molecular weight excluding hydrogens is 212 g/mol. The van der Waals surface area contributed by atoms with Gasteiger partial charge in [-0.05, 0) is 0 Å². The van der Waals surface area contributed by atoms with Crippen LogP contribution in [0.1, 0.15) is 0 Å². The van der Waals surface area contributed by atoms with Crippen LogP contribution >= 0.6 is 0 Å². The third-order valence-corrected chi connectivity index (χ3v) is 2.51. The largest absolute Gasteiger partial charge is 0.480 e. The number of aliphatic carboxylic acids is 1. The summed E-state index contributed by atoms with van der Waals surface area (Å²) in [6, 6.07) is 0. The van der Waals surface area contributed by atoms with Gasteiger partial charge in [0.1, 0.15) is 11.4 Å². The maximum atomic E-state index is 11.1. The van der Waals surface area contributed by atoms with Gasteiger partial charge in [0, 0.05) is 6.20 Å². The molecule has 0 amide bonds. The molecule has 0 aliphatic carbocycles. The average molecular weight is 220 g/mol. The lowest BCUT2D eigenvalue weighted by atomic mass is 10.6. The SMILES string of the molecule is NNS(=O)(=O)c1cnn(CC(=O)O)c1. The van der Waals surface area contributed by atoms with Gasteiger partial charge in [-0.25, -0.2) is 8.42 Å². The Balaban J connectivity index is 2.94. The van der Waals surface area contributed by atoms with E-state index in [0.717, 1.165) is 17.1 Å². The lowest BCUT2D eigenvalue weighted by molar-refractivity contribution is -0.137. The second kappa shape index (κ2) is 3.74. The van der Waals surface area contributed by atoms with E-state index in [-0.39, 0.29) is 4.90 Å². The summed E-state index contributed by atoms with van der Waals surface area (Å²) in [5.41, 5.74) is 0. The molecule has 0 saturated carbocycles. The molecular formula is C5H8N4O4S. The van der Waals surface area contributed by atoms with Crippen LogP contribution in [0.15, 0.2) is 17.3 Å². The number of carbonyl (C=O) groups is 1. The van der Waals surface area contributed by atoms with E-state index in [1.165, 1.54) is 0 Å². The van der Waals surface area contributed by atoms with E-state index in [9.17, 15) is 13.2 Å². The van der Waals surface area contributed by atoms with Gasteiger partial charge in [-0.1, -0.05) is 0 Å². The second-order valence-corrected chi connectivity index (χ2v) is 4.10. The number of nitrogens with one attached hydrogen (secondary N) is 1. The quantitative estimate of drug-likeness (QED) is 0.402. The molecule has 0 unspecified atom stereocenters. The van der Waals surface area contributed by atoms with E-state index < -0.39 is 22.5 Å². The number of hydrogen-bond donors (Lipinski definition) is 3. The predicted molar refractivity (Wildman–Crippen MR) is 44.4 cm³/mol. The van der Waals surface area contributed by atoms with Gasteiger partial charge < -0.3 is 5.11 Å². The second-order valence-electron chi connectivity index (χ2n) is 2.39. The molecule has 0 aromatic carbocycles. The van der Waals surface area contributed by atoms with Crippen LogP contribution in [-0.4, -0.2) is 29.3 Å². The van der Waals surface area contributed by atoms with Crippen LogP contribution in [0.2, 0.25) is 0 Å². The number of nitrogens with two attached hydrogens (primary N) is 1. The highest BCUT2D eigenvalue weighted by Crippen LogP contribution is 2.04. The number of carboxylic acid groups (broad SMARTS) is 1. The maximum absolute atomic E-state index is 11.1. The molecule has 0 radical (unpaired) electrons. The molecule has 0 atom stereocenters. The monoisotopic (exact) mass is 220 g/mol. The molecule has 9 heteroatoms. The Morgan fingerprint density at radius 3 is 2.86 bits per heavy atom. The van der Waals surface area contributed by atoms with Crippen molar-refractivity contribution in [1.82, 2.24) is 14.6 Å².